The summed E-state index contributed by atoms with van der Waals surface area (Å²) < 4.78 is 0. The fourth-order valence-corrected chi connectivity index (χ4v) is 2.26. The molecular weight excluding hydrogens is 178 g/mol. The van der Waals surface area contributed by atoms with Gasteiger partial charge in [-0.05, 0) is 18.3 Å². The van der Waals surface area contributed by atoms with Crippen molar-refractivity contribution in [3.8, 4) is 0 Å². The summed E-state index contributed by atoms with van der Waals surface area (Å²) in [4.78, 5) is 22.6. The van der Waals surface area contributed by atoms with Crippen molar-refractivity contribution in [1.29, 1.82) is 0 Å². The van der Waals surface area contributed by atoms with Crippen molar-refractivity contribution in [2.24, 2.45) is 11.3 Å². The van der Waals surface area contributed by atoms with Crippen LogP contribution in [0.1, 0.15) is 46.5 Å². The zero-order valence-electron chi connectivity index (χ0n) is 9.22. The van der Waals surface area contributed by atoms with Gasteiger partial charge < -0.3 is 0 Å². The molecule has 14 heavy (non-hydrogen) atoms. The largest absolute Gasteiger partial charge is 0.296 e. The lowest BCUT2D eigenvalue weighted by molar-refractivity contribution is -0.139. The second-order valence-corrected chi connectivity index (χ2v) is 4.74. The molecule has 0 radical (unpaired) electrons. The van der Waals surface area contributed by atoms with E-state index in [0.29, 0.717) is 12.8 Å². The van der Waals surface area contributed by atoms with Crippen molar-refractivity contribution in [2.45, 2.75) is 46.5 Å². The summed E-state index contributed by atoms with van der Waals surface area (Å²) in [7, 11) is 0. The molecule has 1 N–H and O–H groups in total. The third-order valence-electron chi connectivity index (χ3n) is 3.08. The number of carbonyl (C=O) groups excluding carboxylic acids is 2. The molecule has 0 aromatic heterocycles. The Morgan fingerprint density at radius 1 is 1.43 bits per heavy atom. The minimum absolute atomic E-state index is 0.000139. The Morgan fingerprint density at radius 2 is 2.07 bits per heavy atom. The van der Waals surface area contributed by atoms with Crippen molar-refractivity contribution in [1.82, 2.24) is 5.32 Å². The fraction of sp³-hybridized carbons (Fsp3) is 0.818. The summed E-state index contributed by atoms with van der Waals surface area (Å²) in [5, 5.41) is 2.42. The smallest absolute Gasteiger partial charge is 0.230 e. The molecular formula is C11H19NO2. The lowest BCUT2D eigenvalue weighted by Crippen LogP contribution is -2.46. The number of carbonyl (C=O) groups is 2. The van der Waals surface area contributed by atoms with Gasteiger partial charge in [0.2, 0.25) is 11.8 Å². The van der Waals surface area contributed by atoms with Gasteiger partial charge in [-0.2, -0.15) is 0 Å². The van der Waals surface area contributed by atoms with E-state index in [9.17, 15) is 9.59 Å². The van der Waals surface area contributed by atoms with E-state index in [-0.39, 0.29) is 23.1 Å². The summed E-state index contributed by atoms with van der Waals surface area (Å²) in [6.07, 6.45) is 3.30. The zero-order valence-corrected chi connectivity index (χ0v) is 9.22. The monoisotopic (exact) mass is 197 g/mol. The fourth-order valence-electron chi connectivity index (χ4n) is 2.26. The molecule has 1 fully saturated rings. The molecule has 1 aliphatic heterocycles. The van der Waals surface area contributed by atoms with E-state index in [1.165, 1.54) is 0 Å². The van der Waals surface area contributed by atoms with Gasteiger partial charge >= 0.3 is 0 Å². The third-order valence-corrected chi connectivity index (χ3v) is 3.08. The van der Waals surface area contributed by atoms with Gasteiger partial charge in [0.1, 0.15) is 0 Å². The van der Waals surface area contributed by atoms with Crippen molar-refractivity contribution in [2.75, 3.05) is 0 Å². The molecule has 1 heterocycles. The molecule has 0 bridgehead atoms. The van der Waals surface area contributed by atoms with Gasteiger partial charge in [0.05, 0.1) is 0 Å². The minimum Gasteiger partial charge on any atom is -0.296 e. The van der Waals surface area contributed by atoms with Crippen molar-refractivity contribution < 1.29 is 9.59 Å². The van der Waals surface area contributed by atoms with E-state index in [1.807, 2.05) is 0 Å². The van der Waals surface area contributed by atoms with Crippen LogP contribution < -0.4 is 5.32 Å². The Hall–Kier alpha value is -0.860. The quantitative estimate of drug-likeness (QED) is 0.702. The van der Waals surface area contributed by atoms with E-state index in [4.69, 9.17) is 0 Å². The van der Waals surface area contributed by atoms with Crippen molar-refractivity contribution >= 4 is 11.8 Å². The number of amides is 2. The number of piperidine rings is 1. The van der Waals surface area contributed by atoms with E-state index in [2.05, 4.69) is 26.1 Å². The third kappa shape index (κ3) is 2.34. The highest BCUT2D eigenvalue weighted by Gasteiger charge is 2.37. The Kier molecular flexibility index (Phi) is 3.29. The highest BCUT2D eigenvalue weighted by Crippen LogP contribution is 2.36. The summed E-state index contributed by atoms with van der Waals surface area (Å²) in [6, 6.07) is 0. The van der Waals surface area contributed by atoms with Crippen LogP contribution in [-0.2, 0) is 9.59 Å². The maximum atomic E-state index is 11.6. The highest BCUT2D eigenvalue weighted by atomic mass is 16.2. The standard InChI is InChI=1S/C11H19NO2/c1-4-7-11(2,3)8-5-6-9(13)12-10(8)14/h8H,4-7H2,1-3H3,(H,12,13,14). The lowest BCUT2D eigenvalue weighted by Gasteiger charge is -2.35. The van der Waals surface area contributed by atoms with Crippen LogP contribution >= 0.6 is 0 Å². The second-order valence-electron chi connectivity index (χ2n) is 4.74. The molecule has 1 atom stereocenters. The lowest BCUT2D eigenvalue weighted by atomic mass is 9.72. The first kappa shape index (κ1) is 11.2. The van der Waals surface area contributed by atoms with Crippen LogP contribution in [0.5, 0.6) is 0 Å². The first-order valence-corrected chi connectivity index (χ1v) is 5.31. The minimum atomic E-state index is -0.126. The Morgan fingerprint density at radius 3 is 2.57 bits per heavy atom. The van der Waals surface area contributed by atoms with Gasteiger partial charge in [-0.1, -0.05) is 27.2 Å². The first-order valence-electron chi connectivity index (χ1n) is 5.31. The van der Waals surface area contributed by atoms with Gasteiger partial charge in [-0.25, -0.2) is 0 Å². The molecule has 1 saturated heterocycles. The van der Waals surface area contributed by atoms with Crippen LogP contribution in [0.25, 0.3) is 0 Å². The Balaban J connectivity index is 2.68. The van der Waals surface area contributed by atoms with Gasteiger partial charge in [-0.3, -0.25) is 14.9 Å². The first-order chi connectivity index (χ1) is 6.47. The van der Waals surface area contributed by atoms with Crippen LogP contribution in [-0.4, -0.2) is 11.8 Å². The van der Waals surface area contributed by atoms with Crippen molar-refractivity contribution in [3.63, 3.8) is 0 Å². The predicted octanol–water partition coefficient (Wildman–Crippen LogP) is 1.87. The maximum Gasteiger partial charge on any atom is 0.230 e. The van der Waals surface area contributed by atoms with Crippen LogP contribution in [0.4, 0.5) is 0 Å². The SMILES string of the molecule is CCCC(C)(C)C1CCC(=O)NC1=O. The van der Waals surface area contributed by atoms with E-state index in [1.54, 1.807) is 0 Å². The van der Waals surface area contributed by atoms with E-state index >= 15 is 0 Å². The number of rotatable bonds is 3. The topological polar surface area (TPSA) is 46.2 Å². The molecule has 3 nitrogen and oxygen atoms in total. The van der Waals surface area contributed by atoms with Gasteiger partial charge in [0.15, 0.2) is 0 Å². The number of hydrogen-bond donors (Lipinski definition) is 1. The number of hydrogen-bond acceptors (Lipinski definition) is 2. The molecule has 0 aliphatic carbocycles. The molecule has 1 rings (SSSR count). The zero-order chi connectivity index (χ0) is 10.8. The number of imide groups is 1. The maximum absolute atomic E-state index is 11.6. The van der Waals surface area contributed by atoms with Gasteiger partial charge in [-0.15, -0.1) is 0 Å². The normalized spacial score (nSPS) is 23.5. The highest BCUT2D eigenvalue weighted by molar-refractivity contribution is 5.98. The molecule has 0 aromatic rings. The van der Waals surface area contributed by atoms with Crippen molar-refractivity contribution in [3.05, 3.63) is 0 Å². The Bertz CT molecular complexity index is 246. The van der Waals surface area contributed by atoms with Crippen LogP contribution in [0.2, 0.25) is 0 Å². The summed E-state index contributed by atoms with van der Waals surface area (Å²) in [6.45, 7) is 6.33. The average Bonchev–Trinajstić information content (AvgIpc) is 2.02. The van der Waals surface area contributed by atoms with Crippen LogP contribution in [0, 0.1) is 11.3 Å². The molecule has 0 aromatic carbocycles. The Labute approximate surface area is 85.3 Å². The van der Waals surface area contributed by atoms with Gasteiger partial charge in [0.25, 0.3) is 0 Å². The van der Waals surface area contributed by atoms with Crippen LogP contribution in [0.15, 0.2) is 0 Å². The second kappa shape index (κ2) is 4.11. The molecule has 0 saturated carbocycles. The number of nitrogens with one attached hydrogen (secondary N) is 1. The average molecular weight is 197 g/mol. The predicted molar refractivity (Wildman–Crippen MR) is 54.6 cm³/mol. The summed E-state index contributed by atoms with van der Waals surface area (Å²) in [5.41, 5.74) is 0.0134. The molecule has 1 unspecified atom stereocenters. The molecule has 3 heteroatoms. The molecule has 80 valence electrons. The summed E-state index contributed by atoms with van der Waals surface area (Å²) >= 11 is 0. The molecule has 0 spiro atoms. The molecule has 2 amide bonds. The van der Waals surface area contributed by atoms with Gasteiger partial charge in [0, 0.05) is 12.3 Å². The van der Waals surface area contributed by atoms with E-state index < -0.39 is 0 Å². The summed E-state index contributed by atoms with van der Waals surface area (Å²) in [5.74, 6) is -0.210. The van der Waals surface area contributed by atoms with Crippen LogP contribution in [0.3, 0.4) is 0 Å². The molecule has 1 aliphatic rings. The van der Waals surface area contributed by atoms with E-state index in [0.717, 1.165) is 12.8 Å².